The number of phenolic OH excluding ortho intramolecular Hbond substituents is 1. The van der Waals surface area contributed by atoms with Crippen molar-refractivity contribution in [2.24, 2.45) is 0 Å². The van der Waals surface area contributed by atoms with E-state index >= 15 is 0 Å². The van der Waals surface area contributed by atoms with E-state index in [1.54, 1.807) is 13.8 Å². The second-order valence-electron chi connectivity index (χ2n) is 4.03. The lowest BCUT2D eigenvalue weighted by Gasteiger charge is -2.17. The average Bonchev–Trinajstić information content (AvgIpc) is 2.42. The van der Waals surface area contributed by atoms with Gasteiger partial charge in [0.15, 0.2) is 0 Å². The Labute approximate surface area is 112 Å². The van der Waals surface area contributed by atoms with Gasteiger partial charge in [-0.15, -0.1) is 0 Å². The maximum Gasteiger partial charge on any atom is 0.290 e. The molecule has 0 aliphatic rings. The molecular formula is C14H16N2O3. The van der Waals surface area contributed by atoms with Crippen molar-refractivity contribution in [3.05, 3.63) is 29.3 Å². The van der Waals surface area contributed by atoms with Crippen LogP contribution in [0.4, 0.5) is 0 Å². The highest BCUT2D eigenvalue weighted by atomic mass is 16.3. The van der Waals surface area contributed by atoms with Gasteiger partial charge < -0.3 is 10.0 Å². The molecule has 0 aliphatic carbocycles. The summed E-state index contributed by atoms with van der Waals surface area (Å²) in [7, 11) is 0. The highest BCUT2D eigenvalue weighted by molar-refractivity contribution is 6.36. The predicted octanol–water partition coefficient (Wildman–Crippen LogP) is 1.24. The first-order valence-electron chi connectivity index (χ1n) is 6.07. The zero-order valence-electron chi connectivity index (χ0n) is 11.0. The summed E-state index contributed by atoms with van der Waals surface area (Å²) >= 11 is 0. The monoisotopic (exact) mass is 260 g/mol. The molecule has 0 unspecified atom stereocenters. The Balaban J connectivity index is 2.88. The first kappa shape index (κ1) is 14.7. The Bertz CT molecular complexity index is 528. The van der Waals surface area contributed by atoms with E-state index in [-0.39, 0.29) is 12.2 Å². The normalized spacial score (nSPS) is 9.74. The minimum atomic E-state index is -0.589. The van der Waals surface area contributed by atoms with Gasteiger partial charge in [0.25, 0.3) is 5.91 Å². The molecule has 0 saturated carbocycles. The summed E-state index contributed by atoms with van der Waals surface area (Å²) in [6.45, 7) is 4.52. The van der Waals surface area contributed by atoms with Crippen LogP contribution >= 0.6 is 0 Å². The lowest BCUT2D eigenvalue weighted by molar-refractivity contribution is -0.144. The number of hydrogen-bond donors (Lipinski definition) is 1. The number of rotatable bonds is 5. The average molecular weight is 260 g/mol. The molecule has 0 spiro atoms. The number of ketones is 1. The van der Waals surface area contributed by atoms with Crippen LogP contribution in [0.3, 0.4) is 0 Å². The third kappa shape index (κ3) is 3.55. The molecule has 0 aromatic heterocycles. The third-order valence-electron chi connectivity index (χ3n) is 2.85. The summed E-state index contributed by atoms with van der Waals surface area (Å²) in [6, 6.07) is 6.15. The number of phenols is 1. The van der Waals surface area contributed by atoms with Crippen molar-refractivity contribution < 1.29 is 14.7 Å². The second kappa shape index (κ2) is 6.55. The molecule has 1 N–H and O–H groups in total. The number of nitrogens with zero attached hydrogens (tertiary/aromatic N) is 2. The molecule has 0 bridgehead atoms. The van der Waals surface area contributed by atoms with E-state index in [0.717, 1.165) is 0 Å². The number of likely N-dealkylation sites (N-methyl/N-ethyl adjacent to an activating group) is 1. The van der Waals surface area contributed by atoms with Gasteiger partial charge >= 0.3 is 0 Å². The molecule has 1 amide bonds. The summed E-state index contributed by atoms with van der Waals surface area (Å²) < 4.78 is 0. The van der Waals surface area contributed by atoms with Crippen LogP contribution in [0.2, 0.25) is 0 Å². The van der Waals surface area contributed by atoms with Crippen LogP contribution in [-0.2, 0) is 16.0 Å². The van der Waals surface area contributed by atoms with Gasteiger partial charge in [-0.1, -0.05) is 0 Å². The van der Waals surface area contributed by atoms with Crippen LogP contribution < -0.4 is 0 Å². The van der Waals surface area contributed by atoms with E-state index in [9.17, 15) is 14.7 Å². The molecule has 1 aromatic rings. The fourth-order valence-corrected chi connectivity index (χ4v) is 1.73. The smallest absolute Gasteiger partial charge is 0.290 e. The van der Waals surface area contributed by atoms with Gasteiger partial charge in [-0.2, -0.15) is 5.26 Å². The molecule has 19 heavy (non-hydrogen) atoms. The first-order chi connectivity index (χ1) is 9.03. The van der Waals surface area contributed by atoms with E-state index in [1.165, 1.54) is 23.1 Å². The van der Waals surface area contributed by atoms with Crippen molar-refractivity contribution >= 4 is 11.7 Å². The van der Waals surface area contributed by atoms with Crippen LogP contribution in [-0.4, -0.2) is 34.8 Å². The molecule has 5 heteroatoms. The molecule has 100 valence electrons. The van der Waals surface area contributed by atoms with Crippen LogP contribution in [0.15, 0.2) is 18.2 Å². The van der Waals surface area contributed by atoms with Crippen LogP contribution in [0.1, 0.15) is 25.0 Å². The number of carbonyl (C=O) groups is 2. The van der Waals surface area contributed by atoms with Crippen molar-refractivity contribution in [1.29, 1.82) is 5.26 Å². The Morgan fingerprint density at radius 1 is 1.32 bits per heavy atom. The van der Waals surface area contributed by atoms with Gasteiger partial charge in [-0.25, -0.2) is 0 Å². The van der Waals surface area contributed by atoms with Gasteiger partial charge in [0.2, 0.25) is 5.78 Å². The topological polar surface area (TPSA) is 81.4 Å². The van der Waals surface area contributed by atoms with E-state index < -0.39 is 11.7 Å². The molecule has 0 atom stereocenters. The summed E-state index contributed by atoms with van der Waals surface area (Å²) in [5.74, 6) is -1.24. The van der Waals surface area contributed by atoms with Crippen molar-refractivity contribution in [3.8, 4) is 11.8 Å². The number of amides is 1. The zero-order chi connectivity index (χ0) is 14.4. The molecule has 1 aromatic carbocycles. The summed E-state index contributed by atoms with van der Waals surface area (Å²) in [5, 5.41) is 18.4. The molecule has 0 fully saturated rings. The van der Waals surface area contributed by atoms with E-state index in [4.69, 9.17) is 5.26 Å². The van der Waals surface area contributed by atoms with Gasteiger partial charge in [0, 0.05) is 25.1 Å². The fraction of sp³-hybridized carbons (Fsp3) is 0.357. The highest BCUT2D eigenvalue weighted by Gasteiger charge is 2.20. The highest BCUT2D eigenvalue weighted by Crippen LogP contribution is 2.19. The quantitative estimate of drug-likeness (QED) is 0.808. The summed E-state index contributed by atoms with van der Waals surface area (Å²) in [5.41, 5.74) is 0.639. The zero-order valence-corrected chi connectivity index (χ0v) is 11.0. The second-order valence-corrected chi connectivity index (χ2v) is 4.03. The number of hydrogen-bond acceptors (Lipinski definition) is 4. The molecule has 0 radical (unpaired) electrons. The first-order valence-corrected chi connectivity index (χ1v) is 6.07. The molecule has 5 nitrogen and oxygen atoms in total. The van der Waals surface area contributed by atoms with Crippen LogP contribution in [0, 0.1) is 11.3 Å². The number of nitriles is 1. The minimum Gasteiger partial charge on any atom is -0.508 e. The van der Waals surface area contributed by atoms with E-state index in [2.05, 4.69) is 0 Å². The van der Waals surface area contributed by atoms with E-state index in [0.29, 0.717) is 24.2 Å². The molecular weight excluding hydrogens is 244 g/mol. The Morgan fingerprint density at radius 3 is 2.47 bits per heavy atom. The lowest BCUT2D eigenvalue weighted by atomic mass is 10.0. The third-order valence-corrected chi connectivity index (χ3v) is 2.85. The number of Topliss-reactive ketones (excluding diaryl/α,β-unsaturated/α-hetero) is 1. The standard InChI is InChI=1S/C14H16N2O3/c1-3-16(4-2)14(19)13(18)8-11-7-10(9-15)5-6-12(11)17/h5-7,17H,3-4,8H2,1-2H3. The fourth-order valence-electron chi connectivity index (χ4n) is 1.73. The Hall–Kier alpha value is -2.35. The Kier molecular flexibility index (Phi) is 5.07. The summed E-state index contributed by atoms with van der Waals surface area (Å²) in [6.07, 6.45) is -0.198. The molecule has 1 rings (SSSR count). The largest absolute Gasteiger partial charge is 0.508 e. The molecule has 0 heterocycles. The maximum atomic E-state index is 11.8. The van der Waals surface area contributed by atoms with Crippen molar-refractivity contribution in [2.75, 3.05) is 13.1 Å². The van der Waals surface area contributed by atoms with Crippen molar-refractivity contribution in [2.45, 2.75) is 20.3 Å². The maximum absolute atomic E-state index is 11.8. The van der Waals surface area contributed by atoms with Crippen molar-refractivity contribution in [3.63, 3.8) is 0 Å². The summed E-state index contributed by atoms with van der Waals surface area (Å²) in [4.78, 5) is 25.1. The van der Waals surface area contributed by atoms with E-state index in [1.807, 2.05) is 6.07 Å². The van der Waals surface area contributed by atoms with Crippen LogP contribution in [0.5, 0.6) is 5.75 Å². The van der Waals surface area contributed by atoms with Gasteiger partial charge in [0.1, 0.15) is 5.75 Å². The number of aromatic hydroxyl groups is 1. The Morgan fingerprint density at radius 2 is 1.95 bits per heavy atom. The lowest BCUT2D eigenvalue weighted by Crippen LogP contribution is -2.37. The van der Waals surface area contributed by atoms with Gasteiger partial charge in [-0.3, -0.25) is 9.59 Å². The van der Waals surface area contributed by atoms with Gasteiger partial charge in [0.05, 0.1) is 11.6 Å². The predicted molar refractivity (Wildman–Crippen MR) is 69.5 cm³/mol. The SMILES string of the molecule is CCN(CC)C(=O)C(=O)Cc1cc(C#N)ccc1O. The van der Waals surface area contributed by atoms with Crippen LogP contribution in [0.25, 0.3) is 0 Å². The number of carbonyl (C=O) groups excluding carboxylic acids is 2. The van der Waals surface area contributed by atoms with Gasteiger partial charge in [-0.05, 0) is 32.0 Å². The minimum absolute atomic E-state index is 0.0836. The number of benzene rings is 1. The molecule has 0 aliphatic heterocycles. The van der Waals surface area contributed by atoms with Crippen molar-refractivity contribution in [1.82, 2.24) is 4.90 Å². The molecule has 0 saturated heterocycles.